The Morgan fingerprint density at radius 3 is 1.46 bits per heavy atom. The van der Waals surface area contributed by atoms with Gasteiger partial charge >= 0.3 is 0 Å². The predicted octanol–water partition coefficient (Wildman–Crippen LogP) is -5.37. The van der Waals surface area contributed by atoms with Gasteiger partial charge in [0.2, 0.25) is 0 Å². The first-order valence-electron chi connectivity index (χ1n) is 7.44. The van der Waals surface area contributed by atoms with Crippen molar-refractivity contribution in [2.45, 2.75) is 68.1 Å². The number of aliphatic hydroxyl groups excluding tert-OH is 9. The zero-order chi connectivity index (χ0) is 18.6. The fourth-order valence-corrected chi connectivity index (χ4v) is 2.37. The molecule has 0 amide bonds. The number of aliphatic hydroxyl groups is 9. The van der Waals surface area contributed by atoms with Gasteiger partial charge in [0.15, 0.2) is 6.29 Å². The van der Waals surface area contributed by atoms with Crippen molar-refractivity contribution in [1.82, 2.24) is 0 Å². The lowest BCUT2D eigenvalue weighted by Gasteiger charge is -2.38. The van der Waals surface area contributed by atoms with Crippen LogP contribution >= 0.6 is 0 Å². The average Bonchev–Trinajstić information content (AvgIpc) is 2.58. The third-order valence-corrected chi connectivity index (χ3v) is 4.00. The maximum atomic E-state index is 9.23. The molecule has 0 saturated carbocycles. The van der Waals surface area contributed by atoms with E-state index in [-0.39, 0.29) is 6.61 Å². The molecule has 24 heavy (non-hydrogen) atoms. The fourth-order valence-electron chi connectivity index (χ4n) is 2.37. The SMILES string of the molecule is CC1O[C@H](CO)[C@@H](O)[C@H](O)[C@H]1O.OC[C@H]1O[C@H](O)[C@H](O)[C@@H](O)[C@@H]1O. The molecule has 11 heteroatoms. The molecule has 2 heterocycles. The van der Waals surface area contributed by atoms with Gasteiger partial charge in [-0.15, -0.1) is 0 Å². The molecule has 0 aromatic heterocycles. The smallest absolute Gasteiger partial charge is 0.184 e. The van der Waals surface area contributed by atoms with E-state index >= 15 is 0 Å². The Morgan fingerprint density at radius 1 is 0.583 bits per heavy atom. The summed E-state index contributed by atoms with van der Waals surface area (Å²) in [6, 6.07) is 0. The van der Waals surface area contributed by atoms with E-state index in [9.17, 15) is 15.3 Å². The van der Waals surface area contributed by atoms with Crippen LogP contribution in [0.25, 0.3) is 0 Å². The highest BCUT2D eigenvalue weighted by molar-refractivity contribution is 4.90. The molecule has 0 aromatic carbocycles. The summed E-state index contributed by atoms with van der Waals surface area (Å²) in [6.07, 6.45) is -12.0. The summed E-state index contributed by atoms with van der Waals surface area (Å²) in [5, 5.41) is 81.0. The molecule has 0 aliphatic carbocycles. The highest BCUT2D eigenvalue weighted by Gasteiger charge is 2.42. The maximum Gasteiger partial charge on any atom is 0.184 e. The fraction of sp³-hybridized carbons (Fsp3) is 1.00. The highest BCUT2D eigenvalue weighted by Crippen LogP contribution is 2.20. The topological polar surface area (TPSA) is 201 Å². The Kier molecular flexibility index (Phi) is 8.38. The van der Waals surface area contributed by atoms with Crippen molar-refractivity contribution < 1.29 is 55.4 Å². The van der Waals surface area contributed by atoms with Crippen LogP contribution in [0.5, 0.6) is 0 Å². The second-order valence-corrected chi connectivity index (χ2v) is 5.75. The van der Waals surface area contributed by atoms with Crippen LogP contribution in [0.15, 0.2) is 0 Å². The van der Waals surface area contributed by atoms with Crippen molar-refractivity contribution in [2.24, 2.45) is 0 Å². The van der Waals surface area contributed by atoms with Crippen LogP contribution in [-0.2, 0) is 9.47 Å². The minimum atomic E-state index is -1.57. The van der Waals surface area contributed by atoms with Crippen LogP contribution in [0, 0.1) is 0 Å². The molecule has 2 rings (SSSR count). The number of hydrogen-bond acceptors (Lipinski definition) is 11. The van der Waals surface area contributed by atoms with Crippen molar-refractivity contribution in [3.63, 3.8) is 0 Å². The average molecular weight is 358 g/mol. The van der Waals surface area contributed by atoms with Crippen LogP contribution < -0.4 is 0 Å². The minimum Gasteiger partial charge on any atom is -0.394 e. The second-order valence-electron chi connectivity index (χ2n) is 5.75. The zero-order valence-corrected chi connectivity index (χ0v) is 13.0. The van der Waals surface area contributed by atoms with E-state index in [0.717, 1.165) is 0 Å². The van der Waals surface area contributed by atoms with Crippen LogP contribution in [0.2, 0.25) is 0 Å². The van der Waals surface area contributed by atoms with E-state index in [1.54, 1.807) is 6.92 Å². The lowest BCUT2D eigenvalue weighted by molar-refractivity contribution is -0.286. The van der Waals surface area contributed by atoms with E-state index in [4.69, 9.17) is 35.4 Å². The van der Waals surface area contributed by atoms with Gasteiger partial charge < -0.3 is 55.4 Å². The predicted molar refractivity (Wildman–Crippen MR) is 75.4 cm³/mol. The van der Waals surface area contributed by atoms with Gasteiger partial charge in [-0.3, -0.25) is 0 Å². The summed E-state index contributed by atoms with van der Waals surface area (Å²) in [5.41, 5.74) is 0. The normalized spacial score (nSPS) is 49.2. The summed E-state index contributed by atoms with van der Waals surface area (Å²) in [7, 11) is 0. The summed E-state index contributed by atoms with van der Waals surface area (Å²) >= 11 is 0. The molecule has 0 aromatic rings. The number of hydrogen-bond donors (Lipinski definition) is 9. The van der Waals surface area contributed by atoms with Gasteiger partial charge in [-0.05, 0) is 6.92 Å². The van der Waals surface area contributed by atoms with E-state index < -0.39 is 67.8 Å². The first kappa shape index (κ1) is 21.6. The maximum absolute atomic E-state index is 9.23. The largest absolute Gasteiger partial charge is 0.394 e. The van der Waals surface area contributed by atoms with Crippen LogP contribution in [0.3, 0.4) is 0 Å². The molecule has 2 aliphatic rings. The second kappa shape index (κ2) is 9.31. The summed E-state index contributed by atoms with van der Waals surface area (Å²) in [5.74, 6) is 0. The van der Waals surface area contributed by atoms with Gasteiger partial charge in [-0.2, -0.15) is 0 Å². The standard InChI is InChI=1S/C7H14O5.C6H12O6/c1-3-5(9)7(11)6(10)4(2-8)12-3;7-1-2-3(8)4(9)5(10)6(11)12-2/h3-11H,2H2,1H3;2-11H,1H2/t3?,4-,5+,6-,7-;2-,3-,4+,5-,6+/m11/s1. The summed E-state index contributed by atoms with van der Waals surface area (Å²) in [4.78, 5) is 0. The van der Waals surface area contributed by atoms with E-state index in [1.165, 1.54) is 0 Å². The van der Waals surface area contributed by atoms with Crippen molar-refractivity contribution in [3.8, 4) is 0 Å². The third-order valence-electron chi connectivity index (χ3n) is 4.00. The molecule has 2 fully saturated rings. The number of ether oxygens (including phenoxy) is 2. The molecule has 0 radical (unpaired) electrons. The minimum absolute atomic E-state index is 0.366. The lowest BCUT2D eigenvalue weighted by atomic mass is 9.96. The Balaban J connectivity index is 0.000000240. The molecular weight excluding hydrogens is 332 g/mol. The van der Waals surface area contributed by atoms with E-state index in [0.29, 0.717) is 0 Å². The van der Waals surface area contributed by atoms with Gasteiger partial charge in [0.1, 0.15) is 48.8 Å². The Morgan fingerprint density at radius 2 is 1.00 bits per heavy atom. The molecular formula is C13H26O11. The summed E-state index contributed by atoms with van der Waals surface area (Å²) < 4.78 is 9.60. The molecule has 2 aliphatic heterocycles. The highest BCUT2D eigenvalue weighted by atomic mass is 16.6. The van der Waals surface area contributed by atoms with E-state index in [1.807, 2.05) is 0 Å². The Hall–Kier alpha value is -0.440. The lowest BCUT2D eigenvalue weighted by Crippen LogP contribution is -2.58. The van der Waals surface area contributed by atoms with Crippen LogP contribution in [-0.4, -0.2) is 120 Å². The zero-order valence-electron chi connectivity index (χ0n) is 13.0. The quantitative estimate of drug-likeness (QED) is 0.228. The van der Waals surface area contributed by atoms with Crippen molar-refractivity contribution in [1.29, 1.82) is 0 Å². The van der Waals surface area contributed by atoms with Crippen LogP contribution in [0.4, 0.5) is 0 Å². The van der Waals surface area contributed by atoms with Crippen LogP contribution in [0.1, 0.15) is 6.92 Å². The van der Waals surface area contributed by atoms with Crippen molar-refractivity contribution in [2.75, 3.05) is 13.2 Å². The first-order chi connectivity index (χ1) is 11.1. The third kappa shape index (κ3) is 4.80. The monoisotopic (exact) mass is 358 g/mol. The van der Waals surface area contributed by atoms with Gasteiger partial charge in [-0.1, -0.05) is 0 Å². The first-order valence-corrected chi connectivity index (χ1v) is 7.44. The van der Waals surface area contributed by atoms with Crippen molar-refractivity contribution in [3.05, 3.63) is 0 Å². The molecule has 2 saturated heterocycles. The molecule has 9 N–H and O–H groups in total. The Bertz CT molecular complexity index is 326. The summed E-state index contributed by atoms with van der Waals surface area (Å²) in [6.45, 7) is 0.680. The van der Waals surface area contributed by atoms with Gasteiger partial charge in [0.25, 0.3) is 0 Å². The van der Waals surface area contributed by atoms with Gasteiger partial charge in [-0.25, -0.2) is 0 Å². The Labute approximate surface area is 137 Å². The van der Waals surface area contributed by atoms with Crippen molar-refractivity contribution >= 4 is 0 Å². The molecule has 144 valence electrons. The van der Waals surface area contributed by atoms with Gasteiger partial charge in [0.05, 0.1) is 19.3 Å². The van der Waals surface area contributed by atoms with E-state index in [2.05, 4.69) is 4.74 Å². The molecule has 0 spiro atoms. The molecule has 11 nitrogen and oxygen atoms in total. The van der Waals surface area contributed by atoms with Gasteiger partial charge in [0, 0.05) is 0 Å². The number of rotatable bonds is 2. The molecule has 10 atom stereocenters. The molecule has 0 bridgehead atoms. The molecule has 1 unspecified atom stereocenters.